The number of hydrogen-bond acceptors (Lipinski definition) is 3. The Hall–Kier alpha value is -5.49. The zero-order valence-electron chi connectivity index (χ0n) is 46.8. The van der Waals surface area contributed by atoms with Crippen molar-refractivity contribution in [1.29, 1.82) is 0 Å². The summed E-state index contributed by atoms with van der Waals surface area (Å²) in [5.74, 6) is -1.52. The van der Waals surface area contributed by atoms with Crippen LogP contribution in [0.1, 0.15) is 0 Å². The minimum atomic E-state index is -0.518. The van der Waals surface area contributed by atoms with Crippen molar-refractivity contribution in [2.75, 3.05) is 0 Å². The Labute approximate surface area is 559 Å². The molecule has 0 fully saturated rings. The molecule has 0 spiro atoms. The fourth-order valence-electron chi connectivity index (χ4n) is 11.6. The summed E-state index contributed by atoms with van der Waals surface area (Å²) in [6.07, 6.45) is 0. The summed E-state index contributed by atoms with van der Waals surface area (Å²) in [5, 5.41) is 0.0706. The van der Waals surface area contributed by atoms with Crippen molar-refractivity contribution in [3.63, 3.8) is 0 Å². The van der Waals surface area contributed by atoms with Crippen LogP contribution in [-0.4, -0.2) is 283 Å². The van der Waals surface area contributed by atoms with Crippen LogP contribution in [0, 0.1) is 0 Å². The Morgan fingerprint density at radius 3 is 0.708 bits per heavy atom. The molecule has 11 rings (SSSR count). The summed E-state index contributed by atoms with van der Waals surface area (Å²) < 4.78 is 2.60. The van der Waals surface area contributed by atoms with Gasteiger partial charge in [-0.3, -0.25) is 4.57 Å². The van der Waals surface area contributed by atoms with Gasteiger partial charge in [-0.25, -0.2) is 4.98 Å². The van der Waals surface area contributed by atoms with E-state index in [1.165, 1.54) is 9.13 Å². The largest absolute Gasteiger partial charge is 0.310 e. The lowest BCUT2D eigenvalue weighted by Crippen LogP contribution is -2.57. The molecule has 0 atom stereocenters. The van der Waals surface area contributed by atoms with Crippen LogP contribution in [0.2, 0.25) is 0 Å². The van der Waals surface area contributed by atoms with Gasteiger partial charge in [0.05, 0.1) is 0 Å². The molecule has 8 aromatic carbocycles. The zero-order valence-corrected chi connectivity index (χ0v) is 46.8. The van der Waals surface area contributed by atoms with Gasteiger partial charge >= 0.3 is 0 Å². The van der Waals surface area contributed by atoms with Gasteiger partial charge in [-0.05, 0) is 43.8 Å². The van der Waals surface area contributed by atoms with Crippen molar-refractivity contribution >= 4 is 483 Å². The van der Waals surface area contributed by atoms with Crippen molar-refractivity contribution in [2.45, 2.75) is 0 Å². The van der Waals surface area contributed by atoms with Crippen LogP contribution in [0.3, 0.4) is 0 Å². The molecule has 3 aromatic heterocycles. The van der Waals surface area contributed by atoms with Crippen LogP contribution in [0.5, 0.6) is 0 Å². The van der Waals surface area contributed by atoms with Gasteiger partial charge in [0.2, 0.25) is 5.95 Å². The van der Waals surface area contributed by atoms with E-state index in [9.17, 15) is 0 Å². The molecular formula is C51B33N5. The quantitative estimate of drug-likeness (QED) is 0.156. The predicted molar refractivity (Wildman–Crippen MR) is 408 cm³/mol. The van der Waals surface area contributed by atoms with Crippen LogP contribution < -0.4 is 180 Å². The summed E-state index contributed by atoms with van der Waals surface area (Å²) in [4.78, 5) is 15.1. The van der Waals surface area contributed by atoms with Gasteiger partial charge in [-0.2, -0.15) is 9.97 Å². The van der Waals surface area contributed by atoms with Crippen LogP contribution in [0.4, 0.5) is 0 Å². The van der Waals surface area contributed by atoms with Gasteiger partial charge in [0.15, 0.2) is 11.6 Å². The molecule has 5 nitrogen and oxygen atoms in total. The minimum absolute atomic E-state index is 0.0113. The molecule has 89 heavy (non-hydrogen) atoms. The first-order valence-electron chi connectivity index (χ1n) is 25.7. The Morgan fingerprint density at radius 2 is 0.360 bits per heavy atom. The van der Waals surface area contributed by atoms with Crippen molar-refractivity contribution in [1.82, 2.24) is 24.1 Å². The Morgan fingerprint density at radius 1 is 0.157 bits per heavy atom. The molecule has 0 unspecified atom stereocenters. The van der Waals surface area contributed by atoms with Crippen molar-refractivity contribution in [3.05, 3.63) is 0 Å². The van der Waals surface area contributed by atoms with Crippen molar-refractivity contribution < 1.29 is 0 Å². The average Bonchev–Trinajstić information content (AvgIpc) is 1.61. The molecule has 3 heterocycles. The topological polar surface area (TPSA) is 48.5 Å². The molecule has 0 aliphatic carbocycles. The molecule has 38 heteroatoms. The van der Waals surface area contributed by atoms with Crippen molar-refractivity contribution in [2.24, 2.45) is 0 Å². The maximum atomic E-state index is 7.39. The fraction of sp³-hybridized carbons (Fsp3) is 0. The monoisotopic (exact) mass is 1050 g/mol. The molecule has 66 radical (unpaired) electrons. The number of rotatable bonds is 6. The van der Waals surface area contributed by atoms with Crippen LogP contribution >= 0.6 is 0 Å². The van der Waals surface area contributed by atoms with E-state index in [2.05, 4.69) is 0 Å². The van der Waals surface area contributed by atoms with Gasteiger partial charge in [0, 0.05) is 38.9 Å². The summed E-state index contributed by atoms with van der Waals surface area (Å²) in [5.41, 5.74) is -9.44. The molecule has 11 aromatic rings. The second-order valence-corrected chi connectivity index (χ2v) is 21.1. The van der Waals surface area contributed by atoms with Gasteiger partial charge in [-0.15, -0.1) is 76.5 Å². The summed E-state index contributed by atoms with van der Waals surface area (Å²) in [6.45, 7) is 0. The lowest BCUT2D eigenvalue weighted by Gasteiger charge is -2.28. The first-order valence-corrected chi connectivity index (χ1v) is 25.7. The Bertz CT molecular complexity index is 5020. The number of aromatic nitrogens is 5. The number of hydrogen-bond donors (Lipinski definition) is 0. The summed E-state index contributed by atoms with van der Waals surface area (Å²) in [7, 11) is 223. The molecule has 0 bridgehead atoms. The van der Waals surface area contributed by atoms with Gasteiger partial charge < -0.3 is 4.57 Å². The molecule has 0 N–H and O–H groups in total. The fourth-order valence-corrected chi connectivity index (χ4v) is 11.6. The highest BCUT2D eigenvalue weighted by molar-refractivity contribution is 6.77. The summed E-state index contributed by atoms with van der Waals surface area (Å²) >= 11 is 0. The standard InChI is InChI=1S/C51B33N5/c52-11-1(2-14(55)26(67)34(75)27(68)15(2)56)12(53)23(64)9(22(11)63)49-85-50(10-24(65)33(74)39(80)43(84)48(10)88-45-6(19(60)30(71)36(77)40(45)81)7-20(61)31(72)37(78)41(82)46(7)88)87-51(86-49)89-44-5(8-21(62)32(73)38(79)42(83)47(8)89)18(59)13(54)4(25(44)66)3-16(57)28(69)35(76)29(70)17(3)58. The third kappa shape index (κ3) is 8.80. The molecule has 0 aliphatic heterocycles. The van der Waals surface area contributed by atoms with E-state index in [0.717, 1.165) is 0 Å². The Balaban J connectivity index is 1.42. The first kappa shape index (κ1) is 65.0. The maximum Gasteiger partial charge on any atom is 0.238 e. The Kier molecular flexibility index (Phi) is 16.4. The molecule has 328 valence electrons. The van der Waals surface area contributed by atoms with E-state index in [4.69, 9.17) is 274 Å². The molecule has 0 aliphatic rings. The SMILES string of the molecule is [B]c1c([B])c([B])c(-c2c([B])c([B])c(-c3nc(-c4c([B])c([B])c([B])c([B])c4-n4c5c([B])c([B])c([B])c([B])c5c5c([B])c([B])c([B])c([B])c54)nc(-n4c5c([B])c([B])c([B])c([B])c5c5c([B])c([B])c(-c6c([B])c([B])c([B])c([B])c6[B])c([B])c54)n3)c([B])c2[B])c([B])c1[B]. The second-order valence-electron chi connectivity index (χ2n) is 21.1. The zero-order chi connectivity index (χ0) is 65.7. The van der Waals surface area contributed by atoms with E-state index in [-0.39, 0.29) is 263 Å². The third-order valence-electron chi connectivity index (χ3n) is 16.6. The highest BCUT2D eigenvalue weighted by Gasteiger charge is 2.32. The van der Waals surface area contributed by atoms with E-state index in [1.54, 1.807) is 0 Å². The minimum Gasteiger partial charge on any atom is -0.310 e. The van der Waals surface area contributed by atoms with Crippen LogP contribution in [0.25, 0.3) is 100 Å². The van der Waals surface area contributed by atoms with Gasteiger partial charge in [-0.1, -0.05) is 104 Å². The molecule has 0 saturated heterocycles. The highest BCUT2D eigenvalue weighted by Crippen LogP contribution is 2.33. The van der Waals surface area contributed by atoms with E-state index in [0.29, 0.717) is 0 Å². The maximum absolute atomic E-state index is 7.39. The van der Waals surface area contributed by atoms with E-state index < -0.39 is 17.6 Å². The average molecular weight is 1040 g/mol. The first-order chi connectivity index (χ1) is 41.5. The van der Waals surface area contributed by atoms with Gasteiger partial charge in [0.1, 0.15) is 259 Å². The highest BCUT2D eigenvalue weighted by atomic mass is 15.2. The van der Waals surface area contributed by atoms with E-state index in [1.807, 2.05) is 0 Å². The number of nitrogens with zero attached hydrogens (tertiary/aromatic N) is 5. The van der Waals surface area contributed by atoms with E-state index >= 15 is 0 Å². The van der Waals surface area contributed by atoms with Crippen molar-refractivity contribution in [3.8, 4) is 56.7 Å². The number of benzene rings is 8. The summed E-state index contributed by atoms with van der Waals surface area (Å²) in [6, 6.07) is 0. The molecule has 0 amide bonds. The van der Waals surface area contributed by atoms with Crippen LogP contribution in [-0.2, 0) is 0 Å². The molecule has 0 saturated carbocycles. The second kappa shape index (κ2) is 22.4. The number of fused-ring (bicyclic) bond motifs is 6. The van der Waals surface area contributed by atoms with Gasteiger partial charge in [0.25, 0.3) is 0 Å². The normalized spacial score (nSPS) is 11.7. The molecular weight excluding hydrogens is 1040 g/mol. The van der Waals surface area contributed by atoms with Crippen LogP contribution in [0.15, 0.2) is 0 Å². The predicted octanol–water partition coefficient (Wildman–Crippen LogP) is -27.1. The smallest absolute Gasteiger partial charge is 0.238 e. The lowest BCUT2D eigenvalue weighted by molar-refractivity contribution is 0.957. The third-order valence-corrected chi connectivity index (χ3v) is 16.6. The lowest BCUT2D eigenvalue weighted by atomic mass is 9.56.